The number of nitrogen functional groups attached to an aromatic ring is 1. The average Bonchev–Trinajstić information content (AvgIpc) is 2.94. The second-order valence-corrected chi connectivity index (χ2v) is 10.8. The number of nitrogens with zero attached hydrogens (tertiary/aromatic N) is 5. The van der Waals surface area contributed by atoms with Gasteiger partial charge in [0.1, 0.15) is 0 Å². The van der Waals surface area contributed by atoms with Crippen LogP contribution >= 0.6 is 0 Å². The summed E-state index contributed by atoms with van der Waals surface area (Å²) < 4.78 is 58.2. The molecule has 2 saturated heterocycles. The summed E-state index contributed by atoms with van der Waals surface area (Å²) in [6.45, 7) is -2.59. The molecule has 2 aromatic carbocycles. The highest BCUT2D eigenvalue weighted by molar-refractivity contribution is 5.62. The highest BCUT2D eigenvalue weighted by Crippen LogP contribution is 2.34. The molecule has 0 atom stereocenters. The van der Waals surface area contributed by atoms with Gasteiger partial charge < -0.3 is 34.8 Å². The minimum Gasteiger partial charge on any atom is -0.433 e. The van der Waals surface area contributed by atoms with E-state index in [1.807, 2.05) is 25.1 Å². The van der Waals surface area contributed by atoms with E-state index in [-0.39, 0.29) is 11.4 Å². The first-order valence-corrected chi connectivity index (χ1v) is 13.8. The van der Waals surface area contributed by atoms with Crippen molar-refractivity contribution < 1.29 is 32.0 Å². The van der Waals surface area contributed by atoms with Gasteiger partial charge >= 0.3 is 18.9 Å². The third kappa shape index (κ3) is 9.24. The fraction of sp³-hybridized carbons (Fsp3) is 0.571. The zero-order chi connectivity index (χ0) is 31.0. The topological polar surface area (TPSA) is 101 Å². The smallest absolute Gasteiger partial charge is 0.387 e. The van der Waals surface area contributed by atoms with Gasteiger partial charge in [0.05, 0.1) is 10.6 Å². The normalized spacial score (nSPS) is 16.7. The molecule has 2 aliphatic rings. The van der Waals surface area contributed by atoms with Crippen molar-refractivity contribution in [2.24, 2.45) is 0 Å². The van der Waals surface area contributed by atoms with Crippen molar-refractivity contribution in [3.8, 4) is 11.5 Å². The van der Waals surface area contributed by atoms with E-state index < -0.39 is 29.6 Å². The zero-order valence-electron chi connectivity index (χ0n) is 24.4. The number of anilines is 3. The molecule has 2 N–H and O–H groups in total. The molecule has 2 heterocycles. The van der Waals surface area contributed by atoms with Gasteiger partial charge in [-0.25, -0.2) is 0 Å². The molecule has 0 aromatic heterocycles. The van der Waals surface area contributed by atoms with Crippen LogP contribution in [0, 0.1) is 10.1 Å². The van der Waals surface area contributed by atoms with Crippen molar-refractivity contribution in [1.29, 1.82) is 0 Å². The summed E-state index contributed by atoms with van der Waals surface area (Å²) in [6, 6.07) is 10.2. The Labute approximate surface area is 243 Å². The summed E-state index contributed by atoms with van der Waals surface area (Å²) >= 11 is 0. The molecule has 0 spiro atoms. The second kappa shape index (κ2) is 15.1. The third-order valence-electron chi connectivity index (χ3n) is 7.69. The Balaban J connectivity index is 0.000000231. The molecule has 0 amide bonds. The molecule has 234 valence electrons. The summed E-state index contributed by atoms with van der Waals surface area (Å²) in [5, 5.41) is 10.9. The molecule has 2 fully saturated rings. The largest absolute Gasteiger partial charge is 0.433 e. The van der Waals surface area contributed by atoms with Gasteiger partial charge in [-0.2, -0.15) is 17.6 Å². The molecule has 0 bridgehead atoms. The summed E-state index contributed by atoms with van der Waals surface area (Å²) in [7, 11) is 8.22. The first kappa shape index (κ1) is 33.0. The van der Waals surface area contributed by atoms with E-state index in [0.717, 1.165) is 57.5 Å². The number of hydrogen-bond donors (Lipinski definition) is 1. The van der Waals surface area contributed by atoms with Gasteiger partial charge in [0.25, 0.3) is 0 Å². The summed E-state index contributed by atoms with van der Waals surface area (Å²) in [5.74, 6) is -0.348. The van der Waals surface area contributed by atoms with Crippen molar-refractivity contribution in [3.63, 3.8) is 0 Å². The first-order chi connectivity index (χ1) is 19.8. The lowest BCUT2D eigenvalue weighted by molar-refractivity contribution is -0.386. The molecule has 42 heavy (non-hydrogen) atoms. The van der Waals surface area contributed by atoms with Crippen molar-refractivity contribution >= 4 is 22.7 Å². The van der Waals surface area contributed by atoms with Gasteiger partial charge in [0.2, 0.25) is 5.75 Å². The van der Waals surface area contributed by atoms with Crippen LogP contribution in [0.1, 0.15) is 25.7 Å². The Hall–Kier alpha value is -3.52. The van der Waals surface area contributed by atoms with E-state index in [1.165, 1.54) is 12.1 Å². The molecule has 2 aromatic rings. The maximum atomic E-state index is 12.4. The highest BCUT2D eigenvalue weighted by Gasteiger charge is 2.25. The van der Waals surface area contributed by atoms with Gasteiger partial charge in [-0.1, -0.05) is 0 Å². The molecule has 14 heteroatoms. The van der Waals surface area contributed by atoms with Gasteiger partial charge in [0.15, 0.2) is 5.75 Å². The number of rotatable bonds is 9. The molecule has 0 aliphatic carbocycles. The van der Waals surface area contributed by atoms with Crippen LogP contribution < -0.4 is 25.0 Å². The lowest BCUT2D eigenvalue weighted by atomic mass is 10.0. The fourth-order valence-electron chi connectivity index (χ4n) is 5.24. The monoisotopic (exact) mass is 600 g/mol. The Morgan fingerprint density at radius 1 is 0.786 bits per heavy atom. The number of halogens is 4. The van der Waals surface area contributed by atoms with Crippen molar-refractivity contribution in [2.45, 2.75) is 51.0 Å². The summed E-state index contributed by atoms with van der Waals surface area (Å²) in [6.07, 6.45) is 4.02. The van der Waals surface area contributed by atoms with Gasteiger partial charge in [-0.3, -0.25) is 10.1 Å². The molecule has 0 unspecified atom stereocenters. The predicted octanol–water partition coefficient (Wildman–Crippen LogP) is 5.13. The highest BCUT2D eigenvalue weighted by atomic mass is 19.3. The molecule has 2 aliphatic heterocycles. The molecular formula is C28H40F4N6O4. The van der Waals surface area contributed by atoms with E-state index in [1.54, 1.807) is 18.2 Å². The number of nitro groups is 1. The summed E-state index contributed by atoms with van der Waals surface area (Å²) in [4.78, 5) is 18.7. The van der Waals surface area contributed by atoms with Crippen LogP contribution in [0.2, 0.25) is 0 Å². The van der Waals surface area contributed by atoms with Gasteiger partial charge in [-0.15, -0.1) is 0 Å². The van der Waals surface area contributed by atoms with E-state index in [2.05, 4.69) is 38.3 Å². The fourth-order valence-corrected chi connectivity index (χ4v) is 5.24. The van der Waals surface area contributed by atoms with Crippen LogP contribution in [0.25, 0.3) is 0 Å². The van der Waals surface area contributed by atoms with Crippen LogP contribution in [0.4, 0.5) is 40.3 Å². The van der Waals surface area contributed by atoms with Crippen LogP contribution in [-0.2, 0) is 0 Å². The number of piperidine rings is 2. The second-order valence-electron chi connectivity index (χ2n) is 10.8. The number of nitro benzene ring substituents is 1. The Kier molecular flexibility index (Phi) is 11.9. The van der Waals surface area contributed by atoms with Crippen molar-refractivity contribution in [2.75, 3.05) is 69.9 Å². The van der Waals surface area contributed by atoms with Gasteiger partial charge in [-0.05, 0) is 72.1 Å². The lowest BCUT2D eigenvalue weighted by Crippen LogP contribution is -2.42. The molecule has 4 rings (SSSR count). The predicted molar refractivity (Wildman–Crippen MR) is 155 cm³/mol. The minimum absolute atomic E-state index is 0.0484. The van der Waals surface area contributed by atoms with Crippen molar-refractivity contribution in [1.82, 2.24) is 9.80 Å². The SMILES string of the molecule is CN(C)C1CCN(c2ccc(N)c(OC(F)F)c2)CC1.CN(C)C1CCN(c2ccc([N+](=O)[O-])c(OC(F)F)c2)CC1. The van der Waals surface area contributed by atoms with Crippen LogP contribution in [0.3, 0.4) is 0 Å². The quantitative estimate of drug-likeness (QED) is 0.182. The lowest BCUT2D eigenvalue weighted by Gasteiger charge is -2.36. The van der Waals surface area contributed by atoms with Gasteiger partial charge in [0, 0.05) is 67.8 Å². The molecular weight excluding hydrogens is 560 g/mol. The van der Waals surface area contributed by atoms with E-state index in [9.17, 15) is 27.7 Å². The number of alkyl halides is 4. The maximum absolute atomic E-state index is 12.4. The number of hydrogen-bond acceptors (Lipinski definition) is 9. The number of nitrogens with two attached hydrogens (primary N) is 1. The van der Waals surface area contributed by atoms with Crippen LogP contribution in [-0.4, -0.2) is 94.4 Å². The Morgan fingerprint density at radius 2 is 1.19 bits per heavy atom. The molecule has 0 saturated carbocycles. The maximum Gasteiger partial charge on any atom is 0.387 e. The Morgan fingerprint density at radius 3 is 1.60 bits per heavy atom. The standard InChI is InChI=1S/C14H19F2N3O3.C14H21F2N3O/c1-17(2)10-5-7-18(8-6-10)11-3-4-12(19(20)21)13(9-11)22-14(15)16;1-18(2)10-5-7-19(8-6-10)11-3-4-12(17)13(9-11)20-14(15)16/h3-4,9-10,14H,5-8H2,1-2H3;3-4,9-10,14H,5-8,17H2,1-2H3. The van der Waals surface area contributed by atoms with E-state index >= 15 is 0 Å². The molecule has 0 radical (unpaired) electrons. The van der Waals surface area contributed by atoms with Crippen LogP contribution in [0.15, 0.2) is 36.4 Å². The van der Waals surface area contributed by atoms with E-state index in [0.29, 0.717) is 17.8 Å². The minimum atomic E-state index is -3.09. The third-order valence-corrected chi connectivity index (χ3v) is 7.69. The number of benzene rings is 2. The number of ether oxygens (including phenoxy) is 2. The zero-order valence-corrected chi connectivity index (χ0v) is 24.4. The first-order valence-electron chi connectivity index (χ1n) is 13.8. The molecule has 10 nitrogen and oxygen atoms in total. The van der Waals surface area contributed by atoms with E-state index in [4.69, 9.17) is 5.73 Å². The summed E-state index contributed by atoms with van der Waals surface area (Å²) in [5.41, 5.74) is 6.97. The van der Waals surface area contributed by atoms with Crippen molar-refractivity contribution in [3.05, 3.63) is 46.5 Å². The van der Waals surface area contributed by atoms with Crippen LogP contribution in [0.5, 0.6) is 11.5 Å². The Bertz CT molecular complexity index is 1160. The average molecular weight is 601 g/mol.